The lowest BCUT2D eigenvalue weighted by Crippen LogP contribution is -2.42. The van der Waals surface area contributed by atoms with E-state index in [1.54, 1.807) is 13.1 Å². The van der Waals surface area contributed by atoms with Gasteiger partial charge in [0.2, 0.25) is 0 Å². The Morgan fingerprint density at radius 2 is 2.04 bits per heavy atom. The largest absolute Gasteiger partial charge is 0.396 e. The summed E-state index contributed by atoms with van der Waals surface area (Å²) in [5.41, 5.74) is 1.43. The van der Waals surface area contributed by atoms with E-state index in [4.69, 9.17) is 0 Å². The number of nitrogens with zero attached hydrogens (tertiary/aromatic N) is 3. The van der Waals surface area contributed by atoms with Crippen molar-refractivity contribution in [2.24, 2.45) is 5.41 Å². The number of aliphatic hydroxyl groups excluding tert-OH is 1. The Labute approximate surface area is 153 Å². The molecular formula is C20H24N4O2. The number of carbonyl (C=O) groups excluding carboxylic acids is 1. The zero-order valence-corrected chi connectivity index (χ0v) is 14.9. The molecule has 2 aliphatic rings. The fourth-order valence-corrected chi connectivity index (χ4v) is 4.77. The fourth-order valence-electron chi connectivity index (χ4n) is 4.77. The van der Waals surface area contributed by atoms with E-state index in [-0.39, 0.29) is 24.0 Å². The number of carbonyl (C=O) groups is 1. The number of benzene rings is 1. The van der Waals surface area contributed by atoms with Gasteiger partial charge in [0.15, 0.2) is 11.5 Å². The molecule has 0 saturated carbocycles. The predicted molar refractivity (Wildman–Crippen MR) is 99.0 cm³/mol. The zero-order valence-electron chi connectivity index (χ0n) is 14.9. The minimum absolute atomic E-state index is 0.147. The van der Waals surface area contributed by atoms with Crippen LogP contribution in [0.4, 0.5) is 5.82 Å². The first-order chi connectivity index (χ1) is 12.7. The lowest BCUT2D eigenvalue weighted by Gasteiger charge is -2.36. The molecule has 2 N–H and O–H groups in total. The number of hydrogen-bond donors (Lipinski definition) is 2. The van der Waals surface area contributed by atoms with Crippen LogP contribution in [0, 0.1) is 5.41 Å². The molecule has 0 spiro atoms. The normalized spacial score (nSPS) is 26.9. The quantitative estimate of drug-likeness (QED) is 0.858. The molecule has 1 amide bonds. The van der Waals surface area contributed by atoms with Crippen molar-refractivity contribution in [3.63, 3.8) is 0 Å². The van der Waals surface area contributed by atoms with Gasteiger partial charge in [-0.3, -0.25) is 4.79 Å². The third-order valence-corrected chi connectivity index (χ3v) is 5.94. The molecule has 0 radical (unpaired) electrons. The second-order valence-electron chi connectivity index (χ2n) is 7.40. The molecule has 4 rings (SSSR count). The summed E-state index contributed by atoms with van der Waals surface area (Å²) in [5.74, 6) is 0.566. The summed E-state index contributed by atoms with van der Waals surface area (Å²) in [6.45, 7) is 0.170. The monoisotopic (exact) mass is 352 g/mol. The number of aromatic nitrogens is 2. The summed E-state index contributed by atoms with van der Waals surface area (Å²) in [6, 6.07) is 14.6. The average Bonchev–Trinajstić information content (AvgIpc) is 3.24. The smallest absolute Gasteiger partial charge is 0.271 e. The van der Waals surface area contributed by atoms with Gasteiger partial charge in [-0.1, -0.05) is 30.3 Å². The highest BCUT2D eigenvalue weighted by atomic mass is 16.3. The highest BCUT2D eigenvalue weighted by Gasteiger charge is 2.55. The van der Waals surface area contributed by atoms with Crippen LogP contribution in [0.25, 0.3) is 0 Å². The molecule has 0 aliphatic carbocycles. The lowest BCUT2D eigenvalue weighted by molar-refractivity contribution is 0.0957. The topological polar surface area (TPSA) is 78.4 Å². The summed E-state index contributed by atoms with van der Waals surface area (Å²) >= 11 is 0. The van der Waals surface area contributed by atoms with Gasteiger partial charge in [0.25, 0.3) is 5.91 Å². The number of amides is 1. The molecule has 1 aromatic carbocycles. The van der Waals surface area contributed by atoms with Crippen molar-refractivity contribution in [3.05, 3.63) is 53.7 Å². The molecule has 136 valence electrons. The van der Waals surface area contributed by atoms with Crippen molar-refractivity contribution in [2.45, 2.75) is 37.8 Å². The second-order valence-corrected chi connectivity index (χ2v) is 7.40. The van der Waals surface area contributed by atoms with E-state index in [9.17, 15) is 9.90 Å². The van der Waals surface area contributed by atoms with Crippen LogP contribution in [-0.2, 0) is 6.42 Å². The van der Waals surface area contributed by atoms with Gasteiger partial charge in [-0.2, -0.15) is 0 Å². The Kier molecular flexibility index (Phi) is 4.36. The van der Waals surface area contributed by atoms with Crippen LogP contribution in [0.5, 0.6) is 0 Å². The number of fused-ring (bicyclic) bond motifs is 2. The lowest BCUT2D eigenvalue weighted by atomic mass is 9.70. The van der Waals surface area contributed by atoms with E-state index in [1.165, 1.54) is 5.56 Å². The Hall–Kier alpha value is -2.47. The maximum Gasteiger partial charge on any atom is 0.271 e. The molecular weight excluding hydrogens is 328 g/mol. The summed E-state index contributed by atoms with van der Waals surface area (Å²) < 4.78 is 0. The van der Waals surface area contributed by atoms with Gasteiger partial charge in [0.1, 0.15) is 0 Å². The third-order valence-electron chi connectivity index (χ3n) is 5.94. The van der Waals surface area contributed by atoms with Crippen LogP contribution >= 0.6 is 0 Å². The van der Waals surface area contributed by atoms with Crippen molar-refractivity contribution in [1.82, 2.24) is 15.5 Å². The molecule has 2 fully saturated rings. The molecule has 26 heavy (non-hydrogen) atoms. The van der Waals surface area contributed by atoms with E-state index >= 15 is 0 Å². The Bertz CT molecular complexity index is 780. The maximum atomic E-state index is 11.7. The van der Waals surface area contributed by atoms with Crippen molar-refractivity contribution >= 4 is 11.7 Å². The summed E-state index contributed by atoms with van der Waals surface area (Å²) in [5, 5.41) is 21.3. The van der Waals surface area contributed by atoms with Crippen molar-refractivity contribution < 1.29 is 9.90 Å². The molecule has 3 heterocycles. The first kappa shape index (κ1) is 17.0. The van der Waals surface area contributed by atoms with E-state index in [2.05, 4.69) is 32.5 Å². The zero-order chi connectivity index (χ0) is 18.1. The molecule has 1 aromatic heterocycles. The summed E-state index contributed by atoms with van der Waals surface area (Å²) in [6.07, 6.45) is 3.99. The van der Waals surface area contributed by atoms with E-state index < -0.39 is 0 Å². The Morgan fingerprint density at radius 1 is 1.23 bits per heavy atom. The minimum Gasteiger partial charge on any atom is -0.396 e. The van der Waals surface area contributed by atoms with Gasteiger partial charge >= 0.3 is 0 Å². The van der Waals surface area contributed by atoms with Gasteiger partial charge in [0.05, 0.1) is 6.61 Å². The van der Waals surface area contributed by atoms with Crippen LogP contribution in [0.3, 0.4) is 0 Å². The van der Waals surface area contributed by atoms with Gasteiger partial charge in [-0.25, -0.2) is 0 Å². The highest BCUT2D eigenvalue weighted by molar-refractivity contribution is 5.91. The van der Waals surface area contributed by atoms with Crippen LogP contribution in [0.15, 0.2) is 42.5 Å². The number of hydrogen-bond acceptors (Lipinski definition) is 5. The molecule has 2 saturated heterocycles. The first-order valence-electron chi connectivity index (χ1n) is 9.16. The van der Waals surface area contributed by atoms with E-state index in [1.807, 2.05) is 24.3 Å². The molecule has 6 heteroatoms. The average molecular weight is 352 g/mol. The Balaban J connectivity index is 1.60. The molecule has 6 nitrogen and oxygen atoms in total. The molecule has 2 bridgehead atoms. The fraction of sp³-hybridized carbons (Fsp3) is 0.450. The van der Waals surface area contributed by atoms with E-state index in [0.717, 1.165) is 31.5 Å². The molecule has 3 atom stereocenters. The van der Waals surface area contributed by atoms with Crippen LogP contribution in [-0.4, -0.2) is 46.9 Å². The summed E-state index contributed by atoms with van der Waals surface area (Å²) in [4.78, 5) is 14.0. The third kappa shape index (κ3) is 2.74. The van der Waals surface area contributed by atoms with Gasteiger partial charge in [0, 0.05) is 24.5 Å². The van der Waals surface area contributed by atoms with Gasteiger partial charge < -0.3 is 15.3 Å². The SMILES string of the molecule is CNC(=O)c1ccc(N2[C@@H]3CC[C@H]2[C@](CO)(Cc2ccccc2)C3)nn1. The minimum atomic E-state index is -0.234. The van der Waals surface area contributed by atoms with Crippen molar-refractivity contribution in [1.29, 1.82) is 0 Å². The molecule has 2 aromatic rings. The standard InChI is InChI=1S/C20H24N4O2/c1-21-19(26)16-8-10-18(23-22-16)24-15-7-9-17(24)20(12-15,13-25)11-14-5-3-2-4-6-14/h2-6,8,10,15,17,25H,7,9,11-13H2,1H3,(H,21,26)/t15-,17+,20-/m1/s1. The second kappa shape index (κ2) is 6.68. The van der Waals surface area contributed by atoms with Gasteiger partial charge in [-0.15, -0.1) is 10.2 Å². The van der Waals surface area contributed by atoms with Crippen molar-refractivity contribution in [3.8, 4) is 0 Å². The number of aliphatic hydroxyl groups is 1. The van der Waals surface area contributed by atoms with Crippen LogP contribution < -0.4 is 10.2 Å². The number of nitrogens with one attached hydrogen (secondary N) is 1. The van der Waals surface area contributed by atoms with Gasteiger partial charge in [-0.05, 0) is 43.4 Å². The number of rotatable bonds is 5. The van der Waals surface area contributed by atoms with Crippen LogP contribution in [0.1, 0.15) is 35.3 Å². The molecule has 0 unspecified atom stereocenters. The number of anilines is 1. The first-order valence-corrected chi connectivity index (χ1v) is 9.16. The Morgan fingerprint density at radius 3 is 2.69 bits per heavy atom. The predicted octanol–water partition coefficient (Wildman–Crippen LogP) is 1.80. The van der Waals surface area contributed by atoms with Crippen molar-refractivity contribution in [2.75, 3.05) is 18.6 Å². The van der Waals surface area contributed by atoms with Crippen LogP contribution in [0.2, 0.25) is 0 Å². The van der Waals surface area contributed by atoms with E-state index in [0.29, 0.717) is 11.7 Å². The summed E-state index contributed by atoms with van der Waals surface area (Å²) in [7, 11) is 1.58. The maximum absolute atomic E-state index is 11.7. The highest BCUT2D eigenvalue weighted by Crippen LogP contribution is 2.52. The molecule has 2 aliphatic heterocycles.